The summed E-state index contributed by atoms with van der Waals surface area (Å²) in [6, 6.07) is 14.0. The van der Waals surface area contributed by atoms with Crippen LogP contribution in [0.3, 0.4) is 0 Å². The van der Waals surface area contributed by atoms with E-state index in [-0.39, 0.29) is 12.0 Å². The van der Waals surface area contributed by atoms with E-state index in [2.05, 4.69) is 21.2 Å². The third-order valence-electron chi connectivity index (χ3n) is 2.82. The van der Waals surface area contributed by atoms with Crippen LogP contribution in [0.5, 0.6) is 5.75 Å². The Kier molecular flexibility index (Phi) is 5.18. The smallest absolute Gasteiger partial charge is 0.259 e. The molecule has 0 fully saturated rings. The van der Waals surface area contributed by atoms with Crippen molar-refractivity contribution in [2.75, 3.05) is 5.32 Å². The fraction of sp³-hybridized carbons (Fsp3) is 0.176. The normalized spacial score (nSPS) is 10.1. The summed E-state index contributed by atoms with van der Waals surface area (Å²) in [5.74, 6) is 0.269. The van der Waals surface area contributed by atoms with E-state index in [0.29, 0.717) is 22.6 Å². The number of halogens is 1. The molecule has 112 valence electrons. The van der Waals surface area contributed by atoms with Gasteiger partial charge in [-0.1, -0.05) is 15.9 Å². The summed E-state index contributed by atoms with van der Waals surface area (Å²) in [7, 11) is 0. The van der Waals surface area contributed by atoms with Gasteiger partial charge < -0.3 is 10.1 Å². The van der Waals surface area contributed by atoms with Gasteiger partial charge in [0.25, 0.3) is 5.91 Å². The van der Waals surface area contributed by atoms with Gasteiger partial charge in [-0.3, -0.25) is 4.79 Å². The highest BCUT2D eigenvalue weighted by atomic mass is 79.9. The molecule has 1 amide bonds. The SMILES string of the molecule is CC(C)Oc1ccc(Br)cc1C(=O)Nc1ccc(C#N)cc1. The summed E-state index contributed by atoms with van der Waals surface area (Å²) in [6.07, 6.45) is -0.0253. The number of amides is 1. The van der Waals surface area contributed by atoms with Gasteiger partial charge in [-0.15, -0.1) is 0 Å². The molecule has 0 bridgehead atoms. The lowest BCUT2D eigenvalue weighted by Gasteiger charge is -2.14. The summed E-state index contributed by atoms with van der Waals surface area (Å²) < 4.78 is 6.47. The molecule has 0 atom stereocenters. The summed E-state index contributed by atoms with van der Waals surface area (Å²) in [5.41, 5.74) is 1.62. The first-order valence-electron chi connectivity index (χ1n) is 6.77. The van der Waals surface area contributed by atoms with Crippen LogP contribution in [0.1, 0.15) is 29.8 Å². The predicted molar refractivity (Wildman–Crippen MR) is 89.0 cm³/mol. The van der Waals surface area contributed by atoms with E-state index in [1.54, 1.807) is 36.4 Å². The number of anilines is 1. The highest BCUT2D eigenvalue weighted by Gasteiger charge is 2.14. The second-order valence-electron chi connectivity index (χ2n) is 4.95. The summed E-state index contributed by atoms with van der Waals surface area (Å²) >= 11 is 3.36. The van der Waals surface area contributed by atoms with Crippen LogP contribution in [-0.2, 0) is 0 Å². The molecule has 0 aliphatic heterocycles. The molecular weight excluding hydrogens is 344 g/mol. The molecule has 5 heteroatoms. The predicted octanol–water partition coefficient (Wildman–Crippen LogP) is 4.36. The Morgan fingerprint density at radius 3 is 2.50 bits per heavy atom. The van der Waals surface area contributed by atoms with Crippen LogP contribution in [0.15, 0.2) is 46.9 Å². The molecule has 2 aromatic rings. The molecule has 0 spiro atoms. The molecule has 2 rings (SSSR count). The number of hydrogen-bond donors (Lipinski definition) is 1. The van der Waals surface area contributed by atoms with E-state index >= 15 is 0 Å². The zero-order chi connectivity index (χ0) is 16.1. The standard InChI is InChI=1S/C17H15BrN2O2/c1-11(2)22-16-8-5-13(18)9-15(16)17(21)20-14-6-3-12(10-19)4-7-14/h3-9,11H,1-2H3,(H,20,21). The molecule has 0 heterocycles. The van der Waals surface area contributed by atoms with Crippen molar-refractivity contribution in [2.45, 2.75) is 20.0 Å². The van der Waals surface area contributed by atoms with Gasteiger partial charge in [0.2, 0.25) is 0 Å². The number of hydrogen-bond acceptors (Lipinski definition) is 3. The molecule has 22 heavy (non-hydrogen) atoms. The quantitative estimate of drug-likeness (QED) is 0.882. The van der Waals surface area contributed by atoms with Crippen LogP contribution < -0.4 is 10.1 Å². The van der Waals surface area contributed by atoms with Crippen LogP contribution in [0.4, 0.5) is 5.69 Å². The molecular formula is C17H15BrN2O2. The topological polar surface area (TPSA) is 62.1 Å². The number of nitriles is 1. The summed E-state index contributed by atoms with van der Waals surface area (Å²) in [6.45, 7) is 3.81. The second kappa shape index (κ2) is 7.10. The maximum atomic E-state index is 12.4. The number of carbonyl (C=O) groups excluding carboxylic acids is 1. The lowest BCUT2D eigenvalue weighted by atomic mass is 10.1. The molecule has 0 saturated heterocycles. The number of benzene rings is 2. The molecule has 1 N–H and O–H groups in total. The molecule has 0 saturated carbocycles. The van der Waals surface area contributed by atoms with Crippen molar-refractivity contribution in [2.24, 2.45) is 0 Å². The zero-order valence-corrected chi connectivity index (χ0v) is 13.8. The lowest BCUT2D eigenvalue weighted by molar-refractivity contribution is 0.102. The monoisotopic (exact) mass is 358 g/mol. The van der Waals surface area contributed by atoms with E-state index in [9.17, 15) is 4.79 Å². The molecule has 2 aromatic carbocycles. The van der Waals surface area contributed by atoms with Gasteiger partial charge in [0.05, 0.1) is 23.3 Å². The fourth-order valence-corrected chi connectivity index (χ4v) is 2.22. The van der Waals surface area contributed by atoms with E-state index in [0.717, 1.165) is 4.47 Å². The van der Waals surface area contributed by atoms with Gasteiger partial charge >= 0.3 is 0 Å². The van der Waals surface area contributed by atoms with Crippen LogP contribution in [0.25, 0.3) is 0 Å². The first kappa shape index (κ1) is 16.1. The number of nitrogens with zero attached hydrogens (tertiary/aromatic N) is 1. The van der Waals surface area contributed by atoms with Crippen molar-refractivity contribution in [1.29, 1.82) is 5.26 Å². The Hall–Kier alpha value is -2.32. The molecule has 0 unspecified atom stereocenters. The van der Waals surface area contributed by atoms with Crippen LogP contribution in [0, 0.1) is 11.3 Å². The van der Waals surface area contributed by atoms with Crippen molar-refractivity contribution >= 4 is 27.5 Å². The van der Waals surface area contributed by atoms with E-state index < -0.39 is 0 Å². The Labute approximate surface area is 137 Å². The average molecular weight is 359 g/mol. The van der Waals surface area contributed by atoms with Crippen LogP contribution in [-0.4, -0.2) is 12.0 Å². The van der Waals surface area contributed by atoms with E-state index in [4.69, 9.17) is 10.00 Å². The van der Waals surface area contributed by atoms with E-state index in [1.165, 1.54) is 0 Å². The first-order valence-corrected chi connectivity index (χ1v) is 7.56. The maximum Gasteiger partial charge on any atom is 0.259 e. The molecule has 0 aliphatic carbocycles. The third kappa shape index (κ3) is 4.09. The molecule has 0 aliphatic rings. The maximum absolute atomic E-state index is 12.4. The Bertz CT molecular complexity index is 718. The lowest BCUT2D eigenvalue weighted by Crippen LogP contribution is -2.15. The highest BCUT2D eigenvalue weighted by Crippen LogP contribution is 2.25. The highest BCUT2D eigenvalue weighted by molar-refractivity contribution is 9.10. The van der Waals surface area contributed by atoms with Gasteiger partial charge in [-0.05, 0) is 56.3 Å². The van der Waals surface area contributed by atoms with Crippen molar-refractivity contribution in [3.63, 3.8) is 0 Å². The van der Waals surface area contributed by atoms with Crippen LogP contribution >= 0.6 is 15.9 Å². The minimum Gasteiger partial charge on any atom is -0.490 e. The minimum atomic E-state index is -0.262. The third-order valence-corrected chi connectivity index (χ3v) is 3.31. The molecule has 4 nitrogen and oxygen atoms in total. The van der Waals surface area contributed by atoms with Crippen LogP contribution in [0.2, 0.25) is 0 Å². The Balaban J connectivity index is 2.24. The zero-order valence-electron chi connectivity index (χ0n) is 12.3. The first-order chi connectivity index (χ1) is 10.5. The number of ether oxygens (including phenoxy) is 1. The number of carbonyl (C=O) groups is 1. The largest absolute Gasteiger partial charge is 0.490 e. The Morgan fingerprint density at radius 2 is 1.91 bits per heavy atom. The van der Waals surface area contributed by atoms with Crippen molar-refractivity contribution < 1.29 is 9.53 Å². The fourth-order valence-electron chi connectivity index (χ4n) is 1.86. The average Bonchev–Trinajstić information content (AvgIpc) is 2.49. The van der Waals surface area contributed by atoms with Gasteiger partial charge in [0.15, 0.2) is 0 Å². The van der Waals surface area contributed by atoms with Gasteiger partial charge in [-0.2, -0.15) is 5.26 Å². The van der Waals surface area contributed by atoms with Gasteiger partial charge in [0.1, 0.15) is 5.75 Å². The minimum absolute atomic E-state index is 0.0253. The number of rotatable bonds is 4. The summed E-state index contributed by atoms with van der Waals surface area (Å²) in [4.78, 5) is 12.4. The number of nitrogens with one attached hydrogen (secondary N) is 1. The Morgan fingerprint density at radius 1 is 1.23 bits per heavy atom. The summed E-state index contributed by atoms with van der Waals surface area (Å²) in [5, 5.41) is 11.6. The van der Waals surface area contributed by atoms with Crippen molar-refractivity contribution in [3.8, 4) is 11.8 Å². The van der Waals surface area contributed by atoms with Gasteiger partial charge in [-0.25, -0.2) is 0 Å². The second-order valence-corrected chi connectivity index (χ2v) is 5.87. The van der Waals surface area contributed by atoms with Crippen molar-refractivity contribution in [1.82, 2.24) is 0 Å². The molecule has 0 aromatic heterocycles. The molecule has 0 radical (unpaired) electrons. The van der Waals surface area contributed by atoms with Crippen molar-refractivity contribution in [3.05, 3.63) is 58.1 Å². The van der Waals surface area contributed by atoms with E-state index in [1.807, 2.05) is 26.0 Å². The van der Waals surface area contributed by atoms with Gasteiger partial charge in [0, 0.05) is 10.2 Å².